The van der Waals surface area contributed by atoms with Gasteiger partial charge in [-0.25, -0.2) is 4.98 Å². The third kappa shape index (κ3) is 2.65. The summed E-state index contributed by atoms with van der Waals surface area (Å²) in [5, 5.41) is 6.87. The van der Waals surface area contributed by atoms with Crippen LogP contribution in [0.15, 0.2) is 29.6 Å². The predicted molar refractivity (Wildman–Crippen MR) is 78.7 cm³/mol. The summed E-state index contributed by atoms with van der Waals surface area (Å²) in [5.41, 5.74) is 2.09. The van der Waals surface area contributed by atoms with Gasteiger partial charge in [0.2, 0.25) is 0 Å². The summed E-state index contributed by atoms with van der Waals surface area (Å²) in [4.78, 5) is 4.79. The lowest BCUT2D eigenvalue weighted by Crippen LogP contribution is -2.26. The van der Waals surface area contributed by atoms with Crippen LogP contribution in [0.4, 0.5) is 0 Å². The highest BCUT2D eigenvalue weighted by Crippen LogP contribution is 2.33. The van der Waals surface area contributed by atoms with Crippen LogP contribution in [0.3, 0.4) is 0 Å². The fourth-order valence-corrected chi connectivity index (χ4v) is 3.42. The van der Waals surface area contributed by atoms with E-state index in [-0.39, 0.29) is 0 Å². The van der Waals surface area contributed by atoms with Gasteiger partial charge in [0.05, 0.1) is 18.8 Å². The monoisotopic (exact) mass is 274 g/mol. The highest BCUT2D eigenvalue weighted by atomic mass is 32.1. The molecule has 0 amide bonds. The number of para-hydroxylation sites is 1. The fraction of sp³-hybridized carbons (Fsp3) is 0.400. The van der Waals surface area contributed by atoms with Crippen LogP contribution in [-0.4, -0.2) is 18.6 Å². The van der Waals surface area contributed by atoms with Crippen LogP contribution in [0.2, 0.25) is 0 Å². The van der Waals surface area contributed by atoms with E-state index < -0.39 is 0 Å². The Labute approximate surface area is 117 Å². The summed E-state index contributed by atoms with van der Waals surface area (Å²) in [6.45, 7) is 1.11. The van der Waals surface area contributed by atoms with E-state index in [1.807, 2.05) is 18.2 Å². The highest BCUT2D eigenvalue weighted by molar-refractivity contribution is 7.10. The van der Waals surface area contributed by atoms with Gasteiger partial charge < -0.3 is 10.1 Å². The third-order valence-electron chi connectivity index (χ3n) is 3.51. The maximum absolute atomic E-state index is 5.40. The van der Waals surface area contributed by atoms with Crippen LogP contribution in [0, 0.1) is 0 Å². The lowest BCUT2D eigenvalue weighted by atomic mass is 10.1. The summed E-state index contributed by atoms with van der Waals surface area (Å²) >= 11 is 1.74. The molecule has 0 bridgehead atoms. The number of hydrogen-bond donors (Lipinski definition) is 1. The molecule has 1 atom stereocenters. The first-order chi connectivity index (χ1) is 9.38. The van der Waals surface area contributed by atoms with Gasteiger partial charge in [-0.2, -0.15) is 0 Å². The SMILES string of the molecule is COc1ccccc1-c1csc([C@H]2CCCCN2)n1. The summed E-state index contributed by atoms with van der Waals surface area (Å²) in [6, 6.07) is 8.48. The third-order valence-corrected chi connectivity index (χ3v) is 4.47. The Hall–Kier alpha value is -1.39. The van der Waals surface area contributed by atoms with Crippen LogP contribution in [0.5, 0.6) is 5.75 Å². The molecule has 1 aliphatic rings. The number of benzene rings is 1. The van der Waals surface area contributed by atoms with Gasteiger partial charge in [-0.3, -0.25) is 0 Å². The van der Waals surface area contributed by atoms with Crippen molar-refractivity contribution < 1.29 is 4.74 Å². The number of methoxy groups -OCH3 is 1. The van der Waals surface area contributed by atoms with E-state index in [0.717, 1.165) is 23.6 Å². The Bertz CT molecular complexity index is 547. The second-order valence-electron chi connectivity index (χ2n) is 4.77. The predicted octanol–water partition coefficient (Wildman–Crippen LogP) is 3.63. The van der Waals surface area contributed by atoms with E-state index in [1.54, 1.807) is 18.4 Å². The van der Waals surface area contributed by atoms with Gasteiger partial charge in [0.15, 0.2) is 0 Å². The Balaban J connectivity index is 1.88. The first kappa shape index (κ1) is 12.6. The van der Waals surface area contributed by atoms with Gasteiger partial charge in [0, 0.05) is 10.9 Å². The largest absolute Gasteiger partial charge is 0.496 e. The molecule has 19 heavy (non-hydrogen) atoms. The molecule has 100 valence electrons. The van der Waals surface area contributed by atoms with E-state index >= 15 is 0 Å². The number of rotatable bonds is 3. The van der Waals surface area contributed by atoms with Crippen molar-refractivity contribution in [2.75, 3.05) is 13.7 Å². The summed E-state index contributed by atoms with van der Waals surface area (Å²) in [7, 11) is 1.70. The average molecular weight is 274 g/mol. The molecule has 0 spiro atoms. The minimum Gasteiger partial charge on any atom is -0.496 e. The van der Waals surface area contributed by atoms with E-state index in [9.17, 15) is 0 Å². The van der Waals surface area contributed by atoms with Crippen LogP contribution in [0.1, 0.15) is 30.3 Å². The molecule has 0 radical (unpaired) electrons. The van der Waals surface area contributed by atoms with Crippen molar-refractivity contribution in [1.29, 1.82) is 0 Å². The van der Waals surface area contributed by atoms with Crippen molar-refractivity contribution in [3.05, 3.63) is 34.7 Å². The average Bonchev–Trinajstić information content (AvgIpc) is 2.98. The molecule has 1 aromatic carbocycles. The Morgan fingerprint density at radius 1 is 1.32 bits per heavy atom. The maximum Gasteiger partial charge on any atom is 0.128 e. The number of piperidine rings is 1. The maximum atomic E-state index is 5.40. The van der Waals surface area contributed by atoms with Gasteiger partial charge in [0.25, 0.3) is 0 Å². The van der Waals surface area contributed by atoms with Crippen molar-refractivity contribution in [3.8, 4) is 17.0 Å². The number of nitrogens with zero attached hydrogens (tertiary/aromatic N) is 1. The van der Waals surface area contributed by atoms with Crippen molar-refractivity contribution >= 4 is 11.3 Å². The number of hydrogen-bond acceptors (Lipinski definition) is 4. The molecular formula is C15H18N2OS. The minimum absolute atomic E-state index is 0.433. The topological polar surface area (TPSA) is 34.1 Å². The molecular weight excluding hydrogens is 256 g/mol. The minimum atomic E-state index is 0.433. The Morgan fingerprint density at radius 2 is 2.21 bits per heavy atom. The quantitative estimate of drug-likeness (QED) is 0.928. The first-order valence-corrected chi connectivity index (χ1v) is 7.58. The summed E-state index contributed by atoms with van der Waals surface area (Å²) < 4.78 is 5.40. The number of ether oxygens (including phenoxy) is 1. The van der Waals surface area contributed by atoms with E-state index in [1.165, 1.54) is 24.3 Å². The molecule has 0 saturated carbocycles. The van der Waals surface area contributed by atoms with E-state index in [4.69, 9.17) is 9.72 Å². The molecule has 0 unspecified atom stereocenters. The smallest absolute Gasteiger partial charge is 0.128 e. The van der Waals surface area contributed by atoms with Crippen LogP contribution >= 0.6 is 11.3 Å². The van der Waals surface area contributed by atoms with Crippen LogP contribution in [-0.2, 0) is 0 Å². The van der Waals surface area contributed by atoms with Gasteiger partial charge in [-0.15, -0.1) is 11.3 Å². The van der Waals surface area contributed by atoms with Crippen LogP contribution < -0.4 is 10.1 Å². The van der Waals surface area contributed by atoms with Crippen molar-refractivity contribution in [1.82, 2.24) is 10.3 Å². The van der Waals surface area contributed by atoms with Crippen LogP contribution in [0.25, 0.3) is 11.3 Å². The van der Waals surface area contributed by atoms with Gasteiger partial charge in [-0.1, -0.05) is 18.6 Å². The van der Waals surface area contributed by atoms with E-state index in [2.05, 4.69) is 16.8 Å². The number of thiazole rings is 1. The standard InChI is InChI=1S/C15H18N2OS/c1-18-14-8-3-2-6-11(14)13-10-19-15(17-13)12-7-4-5-9-16-12/h2-3,6,8,10,12,16H,4-5,7,9H2,1H3/t12-/m1/s1. The molecule has 3 rings (SSSR count). The zero-order valence-electron chi connectivity index (χ0n) is 11.1. The lowest BCUT2D eigenvalue weighted by molar-refractivity contribution is 0.410. The molecule has 1 saturated heterocycles. The van der Waals surface area contributed by atoms with Gasteiger partial charge in [0.1, 0.15) is 10.8 Å². The van der Waals surface area contributed by atoms with Crippen molar-refractivity contribution in [2.24, 2.45) is 0 Å². The number of aromatic nitrogens is 1. The summed E-state index contributed by atoms with van der Waals surface area (Å²) in [5.74, 6) is 0.885. The molecule has 3 nitrogen and oxygen atoms in total. The zero-order valence-corrected chi connectivity index (χ0v) is 11.9. The zero-order chi connectivity index (χ0) is 13.1. The Kier molecular flexibility index (Phi) is 3.80. The Morgan fingerprint density at radius 3 is 3.00 bits per heavy atom. The van der Waals surface area contributed by atoms with Gasteiger partial charge in [-0.05, 0) is 31.5 Å². The number of nitrogens with one attached hydrogen (secondary N) is 1. The second kappa shape index (κ2) is 5.72. The molecule has 1 aliphatic heterocycles. The lowest BCUT2D eigenvalue weighted by Gasteiger charge is -2.21. The highest BCUT2D eigenvalue weighted by Gasteiger charge is 2.19. The molecule has 1 N–H and O–H groups in total. The molecule has 2 heterocycles. The van der Waals surface area contributed by atoms with Crippen molar-refractivity contribution in [2.45, 2.75) is 25.3 Å². The normalized spacial score (nSPS) is 19.3. The molecule has 1 aromatic heterocycles. The van der Waals surface area contributed by atoms with Gasteiger partial charge >= 0.3 is 0 Å². The molecule has 0 aliphatic carbocycles. The second-order valence-corrected chi connectivity index (χ2v) is 5.66. The fourth-order valence-electron chi connectivity index (χ4n) is 2.49. The first-order valence-electron chi connectivity index (χ1n) is 6.70. The molecule has 4 heteroatoms. The summed E-state index contributed by atoms with van der Waals surface area (Å²) in [6.07, 6.45) is 3.77. The molecule has 1 fully saturated rings. The van der Waals surface area contributed by atoms with Crippen molar-refractivity contribution in [3.63, 3.8) is 0 Å². The molecule has 2 aromatic rings. The van der Waals surface area contributed by atoms with E-state index in [0.29, 0.717) is 6.04 Å².